The van der Waals surface area contributed by atoms with Crippen molar-refractivity contribution in [3.05, 3.63) is 53.3 Å². The van der Waals surface area contributed by atoms with Gasteiger partial charge in [-0.15, -0.1) is 24.0 Å². The summed E-state index contributed by atoms with van der Waals surface area (Å²) in [7, 11) is 1.58. The van der Waals surface area contributed by atoms with Crippen LogP contribution in [0, 0.1) is 5.82 Å². The third-order valence-electron chi connectivity index (χ3n) is 3.81. The lowest BCUT2D eigenvalue weighted by molar-refractivity contribution is -0.0505. The van der Waals surface area contributed by atoms with E-state index < -0.39 is 6.61 Å². The van der Waals surface area contributed by atoms with E-state index in [1.54, 1.807) is 25.2 Å². The Morgan fingerprint density at radius 1 is 1.11 bits per heavy atom. The van der Waals surface area contributed by atoms with Crippen LogP contribution in [0.1, 0.15) is 11.1 Å². The quantitative estimate of drug-likeness (QED) is 0.354. The van der Waals surface area contributed by atoms with Gasteiger partial charge in [0.1, 0.15) is 11.6 Å². The minimum absolute atomic E-state index is 0. The fourth-order valence-electron chi connectivity index (χ4n) is 2.50. The summed E-state index contributed by atoms with van der Waals surface area (Å²) < 4.78 is 53.3. The molecule has 0 spiro atoms. The van der Waals surface area contributed by atoms with Crippen LogP contribution >= 0.6 is 24.0 Å². The lowest BCUT2D eigenvalue weighted by atomic mass is 10.1. The van der Waals surface area contributed by atoms with E-state index in [0.29, 0.717) is 29.6 Å². The van der Waals surface area contributed by atoms with Gasteiger partial charge in [0, 0.05) is 31.8 Å². The zero-order valence-corrected chi connectivity index (χ0v) is 17.2. The van der Waals surface area contributed by atoms with Crippen molar-refractivity contribution in [1.29, 1.82) is 0 Å². The van der Waals surface area contributed by atoms with Crippen LogP contribution in [0.4, 0.5) is 13.2 Å². The summed E-state index contributed by atoms with van der Waals surface area (Å²) in [5.74, 6) is 0.947. The first kappa shape index (κ1) is 21.9. The Kier molecular flexibility index (Phi) is 8.03. The molecule has 0 amide bonds. The van der Waals surface area contributed by atoms with Crippen molar-refractivity contribution in [1.82, 2.24) is 10.6 Å². The zero-order chi connectivity index (χ0) is 19.2. The number of aliphatic imine (C=N–C) groups is 1. The first-order chi connectivity index (χ1) is 13.0. The SMILES string of the molecule is CN=C(NCc1ccc(F)cc1)NCc1cc2c(cc1OC(F)F)OCO2.I. The van der Waals surface area contributed by atoms with Gasteiger partial charge >= 0.3 is 6.61 Å². The molecule has 0 atom stereocenters. The van der Waals surface area contributed by atoms with Crippen LogP contribution in [0.5, 0.6) is 17.2 Å². The number of halogens is 4. The number of hydrogen-bond donors (Lipinski definition) is 2. The average Bonchev–Trinajstić information content (AvgIpc) is 3.10. The number of ether oxygens (including phenoxy) is 3. The van der Waals surface area contributed by atoms with E-state index in [2.05, 4.69) is 20.4 Å². The minimum atomic E-state index is -2.96. The Hall–Kier alpha value is -2.37. The molecule has 0 aromatic heterocycles. The largest absolute Gasteiger partial charge is 0.454 e. The molecule has 28 heavy (non-hydrogen) atoms. The van der Waals surface area contributed by atoms with E-state index >= 15 is 0 Å². The molecule has 0 bridgehead atoms. The van der Waals surface area contributed by atoms with E-state index in [9.17, 15) is 13.2 Å². The highest BCUT2D eigenvalue weighted by molar-refractivity contribution is 14.0. The second kappa shape index (κ2) is 10.2. The van der Waals surface area contributed by atoms with Gasteiger partial charge < -0.3 is 24.8 Å². The summed E-state index contributed by atoms with van der Waals surface area (Å²) in [6.07, 6.45) is 0. The van der Waals surface area contributed by atoms with E-state index in [-0.39, 0.29) is 48.9 Å². The number of fused-ring (bicyclic) bond motifs is 1. The molecular weight excluding hydrogens is 490 g/mol. The lowest BCUT2D eigenvalue weighted by Crippen LogP contribution is -2.36. The maximum absolute atomic E-state index is 12.9. The normalized spacial score (nSPS) is 12.5. The Labute approximate surface area is 177 Å². The number of alkyl halides is 2. The highest BCUT2D eigenvalue weighted by Gasteiger charge is 2.20. The van der Waals surface area contributed by atoms with Crippen LogP contribution in [-0.2, 0) is 13.1 Å². The topological polar surface area (TPSA) is 64.1 Å². The number of guanidine groups is 1. The summed E-state index contributed by atoms with van der Waals surface area (Å²) in [5, 5.41) is 6.08. The predicted molar refractivity (Wildman–Crippen MR) is 108 cm³/mol. The second-order valence-electron chi connectivity index (χ2n) is 5.60. The van der Waals surface area contributed by atoms with Gasteiger partial charge in [0.25, 0.3) is 0 Å². The first-order valence-electron chi connectivity index (χ1n) is 8.11. The molecule has 1 heterocycles. The molecule has 0 radical (unpaired) electrons. The Balaban J connectivity index is 0.00000280. The van der Waals surface area contributed by atoms with Crippen LogP contribution in [0.3, 0.4) is 0 Å². The van der Waals surface area contributed by atoms with Crippen LogP contribution < -0.4 is 24.8 Å². The summed E-state index contributed by atoms with van der Waals surface area (Å²) >= 11 is 0. The summed E-state index contributed by atoms with van der Waals surface area (Å²) in [4.78, 5) is 4.07. The second-order valence-corrected chi connectivity index (χ2v) is 5.60. The summed E-state index contributed by atoms with van der Waals surface area (Å²) in [6, 6.07) is 9.01. The van der Waals surface area contributed by atoms with Crippen LogP contribution in [0.25, 0.3) is 0 Å². The number of nitrogens with zero attached hydrogens (tertiary/aromatic N) is 1. The molecular formula is C18H19F3IN3O3. The van der Waals surface area contributed by atoms with Crippen molar-refractivity contribution in [2.75, 3.05) is 13.8 Å². The molecule has 0 aliphatic carbocycles. The third-order valence-corrected chi connectivity index (χ3v) is 3.81. The molecule has 0 unspecified atom stereocenters. The van der Waals surface area contributed by atoms with Crippen molar-refractivity contribution in [2.45, 2.75) is 19.7 Å². The maximum atomic E-state index is 12.9. The Bertz CT molecular complexity index is 820. The van der Waals surface area contributed by atoms with Gasteiger partial charge in [-0.3, -0.25) is 4.99 Å². The fraction of sp³-hybridized carbons (Fsp3) is 0.278. The van der Waals surface area contributed by atoms with Gasteiger partial charge in [0.15, 0.2) is 17.5 Å². The summed E-state index contributed by atoms with van der Waals surface area (Å²) in [5.41, 5.74) is 1.33. The van der Waals surface area contributed by atoms with Gasteiger partial charge in [0.05, 0.1) is 0 Å². The number of nitrogens with one attached hydrogen (secondary N) is 2. The standard InChI is InChI=1S/C18H18F3N3O3.HI/c1-22-18(23-8-11-2-4-13(19)5-3-11)24-9-12-6-15-16(26-10-25-15)7-14(12)27-17(20)21;/h2-7,17H,8-10H2,1H3,(H2,22,23,24);1H. The van der Waals surface area contributed by atoms with Crippen LogP contribution in [0.2, 0.25) is 0 Å². The Morgan fingerprint density at radius 3 is 2.39 bits per heavy atom. The van der Waals surface area contributed by atoms with Crippen molar-refractivity contribution in [2.24, 2.45) is 4.99 Å². The monoisotopic (exact) mass is 509 g/mol. The van der Waals surface area contributed by atoms with Gasteiger partial charge in [-0.2, -0.15) is 8.78 Å². The minimum Gasteiger partial charge on any atom is -0.454 e. The van der Waals surface area contributed by atoms with E-state index in [4.69, 9.17) is 9.47 Å². The molecule has 2 aromatic carbocycles. The zero-order valence-electron chi connectivity index (χ0n) is 14.9. The average molecular weight is 509 g/mol. The van der Waals surface area contributed by atoms with Crippen molar-refractivity contribution < 1.29 is 27.4 Å². The van der Waals surface area contributed by atoms with Crippen LogP contribution in [-0.4, -0.2) is 26.4 Å². The molecule has 1 aliphatic rings. The smallest absolute Gasteiger partial charge is 0.387 e. The number of rotatable bonds is 6. The Morgan fingerprint density at radius 2 is 1.75 bits per heavy atom. The van der Waals surface area contributed by atoms with Crippen molar-refractivity contribution in [3.63, 3.8) is 0 Å². The number of benzene rings is 2. The van der Waals surface area contributed by atoms with Crippen LogP contribution in [0.15, 0.2) is 41.4 Å². The van der Waals surface area contributed by atoms with Gasteiger partial charge in [0.2, 0.25) is 6.79 Å². The van der Waals surface area contributed by atoms with Crippen molar-refractivity contribution in [3.8, 4) is 17.2 Å². The molecule has 2 N–H and O–H groups in total. The van der Waals surface area contributed by atoms with Gasteiger partial charge in [-0.25, -0.2) is 4.39 Å². The van der Waals surface area contributed by atoms with Crippen molar-refractivity contribution >= 4 is 29.9 Å². The van der Waals surface area contributed by atoms with E-state index in [1.165, 1.54) is 18.2 Å². The molecule has 0 saturated heterocycles. The molecule has 0 saturated carbocycles. The summed E-state index contributed by atoms with van der Waals surface area (Å²) in [6.45, 7) is -2.34. The molecule has 6 nitrogen and oxygen atoms in total. The van der Waals surface area contributed by atoms with Gasteiger partial charge in [-0.1, -0.05) is 12.1 Å². The maximum Gasteiger partial charge on any atom is 0.387 e. The molecule has 1 aliphatic heterocycles. The molecule has 0 fully saturated rings. The molecule has 3 rings (SSSR count). The first-order valence-corrected chi connectivity index (χ1v) is 8.11. The molecule has 2 aromatic rings. The number of hydrogen-bond acceptors (Lipinski definition) is 4. The lowest BCUT2D eigenvalue weighted by Gasteiger charge is -2.15. The van der Waals surface area contributed by atoms with Gasteiger partial charge in [-0.05, 0) is 23.8 Å². The predicted octanol–water partition coefficient (Wildman–Crippen LogP) is 3.64. The highest BCUT2D eigenvalue weighted by atomic mass is 127. The molecule has 152 valence electrons. The van der Waals surface area contributed by atoms with E-state index in [1.807, 2.05) is 0 Å². The highest BCUT2D eigenvalue weighted by Crippen LogP contribution is 2.38. The molecule has 10 heteroatoms. The third kappa shape index (κ3) is 5.81. The fourth-order valence-corrected chi connectivity index (χ4v) is 2.50. The van der Waals surface area contributed by atoms with E-state index in [0.717, 1.165) is 5.56 Å².